The molecule has 0 aliphatic rings. The SMILES string of the molecule is CC(C)CC(=O)O.[Re]. The van der Waals surface area contributed by atoms with Crippen molar-refractivity contribution in [2.75, 3.05) is 0 Å². The Bertz CT molecular complexity index is 70.8. The summed E-state index contributed by atoms with van der Waals surface area (Å²) in [6.45, 7) is 3.77. The molecule has 0 heterocycles. The normalized spacial score (nSPS) is 8.38. The van der Waals surface area contributed by atoms with Gasteiger partial charge in [-0.05, 0) is 5.92 Å². The fourth-order valence-electron chi connectivity index (χ4n) is 0.349. The van der Waals surface area contributed by atoms with Gasteiger partial charge in [-0.2, -0.15) is 0 Å². The summed E-state index contributed by atoms with van der Waals surface area (Å²) in [5, 5.41) is 8.08. The molecule has 0 aromatic rings. The first-order chi connectivity index (χ1) is 3.13. The van der Waals surface area contributed by atoms with E-state index in [0.717, 1.165) is 0 Å². The van der Waals surface area contributed by atoms with Gasteiger partial charge in [-0.25, -0.2) is 0 Å². The predicted octanol–water partition coefficient (Wildman–Crippen LogP) is 1.11. The molecule has 0 saturated carbocycles. The second kappa shape index (κ2) is 5.27. The molecule has 0 aromatic heterocycles. The molecule has 0 atom stereocenters. The Morgan fingerprint density at radius 2 is 2.00 bits per heavy atom. The first kappa shape index (κ1) is 11.0. The Kier molecular flexibility index (Phi) is 7.25. The quantitative estimate of drug-likeness (QED) is 0.826. The minimum atomic E-state index is -0.713. The summed E-state index contributed by atoms with van der Waals surface area (Å²) in [5.41, 5.74) is 0. The van der Waals surface area contributed by atoms with E-state index in [1.807, 2.05) is 13.8 Å². The standard InChI is InChI=1S/C5H10O2.Re/c1-4(2)3-5(6)7;/h4H,3H2,1-2H3,(H,6,7);. The molecule has 0 amide bonds. The maximum absolute atomic E-state index is 9.81. The number of hydrogen-bond acceptors (Lipinski definition) is 1. The Morgan fingerprint density at radius 1 is 1.62 bits per heavy atom. The fraction of sp³-hybridized carbons (Fsp3) is 0.800. The number of carboxylic acid groups (broad SMARTS) is 1. The van der Waals surface area contributed by atoms with Crippen molar-refractivity contribution in [3.63, 3.8) is 0 Å². The van der Waals surface area contributed by atoms with Crippen LogP contribution >= 0.6 is 0 Å². The topological polar surface area (TPSA) is 37.3 Å². The van der Waals surface area contributed by atoms with E-state index in [1.54, 1.807) is 0 Å². The monoisotopic (exact) mass is 289 g/mol. The number of hydrogen-bond donors (Lipinski definition) is 1. The Hall–Kier alpha value is 0.132. The van der Waals surface area contributed by atoms with Gasteiger partial charge in [-0.3, -0.25) is 4.79 Å². The maximum atomic E-state index is 9.81. The van der Waals surface area contributed by atoms with E-state index in [-0.39, 0.29) is 32.8 Å². The molecule has 0 rings (SSSR count). The van der Waals surface area contributed by atoms with Gasteiger partial charge in [0.05, 0.1) is 0 Å². The van der Waals surface area contributed by atoms with Crippen LogP contribution < -0.4 is 0 Å². The van der Waals surface area contributed by atoms with Crippen LogP contribution in [-0.2, 0) is 25.2 Å². The van der Waals surface area contributed by atoms with Gasteiger partial charge < -0.3 is 5.11 Å². The molecule has 0 unspecified atom stereocenters. The average Bonchev–Trinajstić information content (AvgIpc) is 1.27. The van der Waals surface area contributed by atoms with Gasteiger partial charge in [0.15, 0.2) is 0 Å². The first-order valence-corrected chi connectivity index (χ1v) is 2.34. The summed E-state index contributed by atoms with van der Waals surface area (Å²) in [5.74, 6) is -0.438. The van der Waals surface area contributed by atoms with Crippen LogP contribution in [-0.4, -0.2) is 11.1 Å². The van der Waals surface area contributed by atoms with Crippen LogP contribution in [0.1, 0.15) is 20.3 Å². The van der Waals surface area contributed by atoms with Crippen molar-refractivity contribution in [2.45, 2.75) is 20.3 Å². The minimum Gasteiger partial charge on any atom is -0.481 e. The smallest absolute Gasteiger partial charge is 0.303 e. The first-order valence-electron chi connectivity index (χ1n) is 2.34. The zero-order valence-electron chi connectivity index (χ0n) is 5.02. The Morgan fingerprint density at radius 3 is 2.00 bits per heavy atom. The Labute approximate surface area is 62.9 Å². The van der Waals surface area contributed by atoms with E-state index in [4.69, 9.17) is 5.11 Å². The van der Waals surface area contributed by atoms with E-state index in [0.29, 0.717) is 0 Å². The van der Waals surface area contributed by atoms with Crippen LogP contribution in [0.4, 0.5) is 0 Å². The van der Waals surface area contributed by atoms with Crippen molar-refractivity contribution in [3.05, 3.63) is 0 Å². The van der Waals surface area contributed by atoms with Crippen LogP contribution in [0.3, 0.4) is 0 Å². The van der Waals surface area contributed by atoms with E-state index in [9.17, 15) is 4.79 Å². The average molecular weight is 288 g/mol. The molecule has 49 valence electrons. The van der Waals surface area contributed by atoms with Crippen LogP contribution in [0.25, 0.3) is 0 Å². The third-order valence-corrected chi connectivity index (χ3v) is 0.583. The molecule has 0 aliphatic heterocycles. The molecule has 0 spiro atoms. The van der Waals surface area contributed by atoms with Gasteiger partial charge in [-0.1, -0.05) is 13.8 Å². The molecule has 0 saturated heterocycles. The molecule has 1 radical (unpaired) electrons. The van der Waals surface area contributed by atoms with Crippen LogP contribution in [0.2, 0.25) is 0 Å². The van der Waals surface area contributed by atoms with Crippen LogP contribution in [0.15, 0.2) is 0 Å². The molecule has 3 heteroatoms. The molecular weight excluding hydrogens is 278 g/mol. The van der Waals surface area contributed by atoms with Gasteiger partial charge in [0, 0.05) is 26.8 Å². The number of rotatable bonds is 2. The molecule has 0 aliphatic carbocycles. The summed E-state index contributed by atoms with van der Waals surface area (Å²) >= 11 is 0. The molecule has 1 N–H and O–H groups in total. The zero-order chi connectivity index (χ0) is 5.86. The van der Waals surface area contributed by atoms with E-state index in [1.165, 1.54) is 0 Å². The van der Waals surface area contributed by atoms with Crippen molar-refractivity contribution < 1.29 is 30.3 Å². The molecular formula is C5H10O2Re. The van der Waals surface area contributed by atoms with Crippen molar-refractivity contribution in [1.82, 2.24) is 0 Å². The van der Waals surface area contributed by atoms with E-state index >= 15 is 0 Å². The largest absolute Gasteiger partial charge is 0.481 e. The zero-order valence-corrected chi connectivity index (χ0v) is 7.73. The summed E-state index contributed by atoms with van der Waals surface area (Å²) in [4.78, 5) is 9.81. The minimum absolute atomic E-state index is 0. The molecule has 2 nitrogen and oxygen atoms in total. The van der Waals surface area contributed by atoms with Crippen LogP contribution in [0, 0.1) is 5.92 Å². The van der Waals surface area contributed by atoms with Gasteiger partial charge in [0.25, 0.3) is 0 Å². The summed E-state index contributed by atoms with van der Waals surface area (Å²) < 4.78 is 0. The van der Waals surface area contributed by atoms with Crippen LogP contribution in [0.5, 0.6) is 0 Å². The molecule has 0 aromatic carbocycles. The van der Waals surface area contributed by atoms with Gasteiger partial charge in [0.2, 0.25) is 0 Å². The number of carbonyl (C=O) groups is 1. The van der Waals surface area contributed by atoms with E-state index < -0.39 is 5.97 Å². The van der Waals surface area contributed by atoms with Crippen molar-refractivity contribution >= 4 is 5.97 Å². The summed E-state index contributed by atoms with van der Waals surface area (Å²) in [6, 6.07) is 0. The number of aliphatic carboxylic acids is 1. The molecule has 8 heavy (non-hydrogen) atoms. The van der Waals surface area contributed by atoms with Crippen molar-refractivity contribution in [2.24, 2.45) is 5.92 Å². The number of carboxylic acids is 1. The third-order valence-electron chi connectivity index (χ3n) is 0.583. The summed E-state index contributed by atoms with van der Waals surface area (Å²) in [6.07, 6.45) is 0.278. The molecule has 0 bridgehead atoms. The van der Waals surface area contributed by atoms with Gasteiger partial charge in [0.1, 0.15) is 0 Å². The fourth-order valence-corrected chi connectivity index (χ4v) is 0.349. The second-order valence-electron chi connectivity index (χ2n) is 1.99. The van der Waals surface area contributed by atoms with Gasteiger partial charge >= 0.3 is 5.97 Å². The summed E-state index contributed by atoms with van der Waals surface area (Å²) in [7, 11) is 0. The predicted molar refractivity (Wildman–Crippen MR) is 27.1 cm³/mol. The van der Waals surface area contributed by atoms with Gasteiger partial charge in [-0.15, -0.1) is 0 Å². The maximum Gasteiger partial charge on any atom is 0.303 e. The van der Waals surface area contributed by atoms with Crippen molar-refractivity contribution in [3.8, 4) is 0 Å². The third kappa shape index (κ3) is 9.46. The molecule has 0 fully saturated rings. The van der Waals surface area contributed by atoms with Crippen molar-refractivity contribution in [1.29, 1.82) is 0 Å². The second-order valence-corrected chi connectivity index (χ2v) is 1.99. The van der Waals surface area contributed by atoms with E-state index in [2.05, 4.69) is 0 Å². The Balaban J connectivity index is 0.